The number of halogens is 1. The number of anilines is 2. The van der Waals surface area contributed by atoms with E-state index in [9.17, 15) is 0 Å². The number of para-hydroxylation sites is 2. The van der Waals surface area contributed by atoms with Crippen LogP contribution < -0.4 is 10.7 Å². The predicted octanol–water partition coefficient (Wildman–Crippen LogP) is 6.31. The zero-order valence-electron chi connectivity index (χ0n) is 20.0. The van der Waals surface area contributed by atoms with E-state index in [0.717, 1.165) is 76.6 Å². The highest BCUT2D eigenvalue weighted by Crippen LogP contribution is 2.31. The summed E-state index contributed by atoms with van der Waals surface area (Å²) in [7, 11) is 0. The van der Waals surface area contributed by atoms with E-state index < -0.39 is 0 Å². The SMILES string of the molecule is Cc1ncccc1Nc1cc2nc3ccccc3n(-c3ccc(Cl)cc3)c-2c/c1=N\C1CCOCC1. The van der Waals surface area contributed by atoms with Gasteiger partial charge in [0, 0.05) is 30.1 Å². The lowest BCUT2D eigenvalue weighted by Crippen LogP contribution is -2.23. The second-order valence-electron chi connectivity index (χ2n) is 9.00. The zero-order valence-corrected chi connectivity index (χ0v) is 20.7. The number of fused-ring (bicyclic) bond motifs is 2. The fourth-order valence-electron chi connectivity index (χ4n) is 4.69. The zero-order chi connectivity index (χ0) is 24.5. The van der Waals surface area contributed by atoms with Gasteiger partial charge in [-0.2, -0.15) is 0 Å². The number of ether oxygens (including phenoxy) is 1. The second kappa shape index (κ2) is 9.72. The molecule has 1 saturated heterocycles. The molecule has 0 amide bonds. The van der Waals surface area contributed by atoms with Crippen molar-refractivity contribution in [1.29, 1.82) is 0 Å². The van der Waals surface area contributed by atoms with Crippen LogP contribution in [0.25, 0.3) is 28.1 Å². The van der Waals surface area contributed by atoms with E-state index in [4.69, 9.17) is 26.3 Å². The van der Waals surface area contributed by atoms with Gasteiger partial charge in [-0.1, -0.05) is 23.7 Å². The van der Waals surface area contributed by atoms with Crippen LogP contribution in [0.3, 0.4) is 0 Å². The number of aromatic nitrogens is 3. The van der Waals surface area contributed by atoms with Gasteiger partial charge in [0.05, 0.1) is 50.9 Å². The lowest BCUT2D eigenvalue weighted by atomic mass is 10.1. The summed E-state index contributed by atoms with van der Waals surface area (Å²) < 4.78 is 7.81. The molecule has 3 aromatic rings. The summed E-state index contributed by atoms with van der Waals surface area (Å²) in [6.07, 6.45) is 3.63. The summed E-state index contributed by atoms with van der Waals surface area (Å²) in [4.78, 5) is 14.7. The van der Waals surface area contributed by atoms with Gasteiger partial charge in [-0.15, -0.1) is 0 Å². The van der Waals surface area contributed by atoms with Crippen molar-refractivity contribution < 1.29 is 4.74 Å². The normalized spacial score (nSPS) is 15.0. The Labute approximate surface area is 214 Å². The quantitative estimate of drug-likeness (QED) is 0.297. The third kappa shape index (κ3) is 4.45. The van der Waals surface area contributed by atoms with E-state index in [1.807, 2.05) is 61.5 Å². The molecule has 3 aliphatic rings. The molecule has 6 nitrogen and oxygen atoms in total. The first-order chi connectivity index (χ1) is 17.7. The van der Waals surface area contributed by atoms with Crippen LogP contribution in [0.5, 0.6) is 0 Å². The summed E-state index contributed by atoms with van der Waals surface area (Å²) in [5.41, 5.74) is 7.60. The molecule has 36 heavy (non-hydrogen) atoms. The minimum absolute atomic E-state index is 0.212. The first kappa shape index (κ1) is 22.7. The molecular weight excluding hydrogens is 470 g/mol. The molecule has 7 heteroatoms. The van der Waals surface area contributed by atoms with Crippen LogP contribution in [0.1, 0.15) is 18.5 Å². The first-order valence-electron chi connectivity index (χ1n) is 12.2. The van der Waals surface area contributed by atoms with Crippen molar-refractivity contribution in [2.45, 2.75) is 25.8 Å². The summed E-state index contributed by atoms with van der Waals surface area (Å²) >= 11 is 6.22. The molecule has 0 spiro atoms. The molecule has 180 valence electrons. The van der Waals surface area contributed by atoms with Crippen LogP contribution >= 0.6 is 11.6 Å². The molecule has 6 rings (SSSR count). The Morgan fingerprint density at radius 3 is 2.58 bits per heavy atom. The van der Waals surface area contributed by atoms with Gasteiger partial charge in [0.15, 0.2) is 0 Å². The van der Waals surface area contributed by atoms with Crippen molar-refractivity contribution in [1.82, 2.24) is 14.5 Å². The Bertz CT molecular complexity index is 1570. The minimum atomic E-state index is 0.212. The van der Waals surface area contributed by atoms with E-state index in [0.29, 0.717) is 5.02 Å². The smallest absolute Gasteiger partial charge is 0.0900 e. The number of nitrogens with zero attached hydrogens (tertiary/aromatic N) is 4. The largest absolute Gasteiger partial charge is 0.381 e. The van der Waals surface area contributed by atoms with Gasteiger partial charge in [-0.3, -0.25) is 9.98 Å². The van der Waals surface area contributed by atoms with E-state index in [2.05, 4.69) is 33.1 Å². The highest BCUT2D eigenvalue weighted by atomic mass is 35.5. The summed E-state index contributed by atoms with van der Waals surface area (Å²) in [5, 5.41) is 5.19. The van der Waals surface area contributed by atoms with Crippen LogP contribution in [-0.2, 0) is 4.74 Å². The molecule has 0 saturated carbocycles. The Morgan fingerprint density at radius 1 is 0.972 bits per heavy atom. The van der Waals surface area contributed by atoms with Gasteiger partial charge in [0.1, 0.15) is 0 Å². The number of pyridine rings is 1. The Hall–Kier alpha value is -3.74. The van der Waals surface area contributed by atoms with Crippen molar-refractivity contribution in [2.75, 3.05) is 18.5 Å². The van der Waals surface area contributed by atoms with Gasteiger partial charge < -0.3 is 14.6 Å². The van der Waals surface area contributed by atoms with Gasteiger partial charge in [0.2, 0.25) is 0 Å². The number of hydrogen-bond donors (Lipinski definition) is 1. The van der Waals surface area contributed by atoms with E-state index in [1.54, 1.807) is 6.20 Å². The van der Waals surface area contributed by atoms with Crippen molar-refractivity contribution >= 4 is 34.0 Å². The topological polar surface area (TPSA) is 64.3 Å². The highest BCUT2D eigenvalue weighted by Gasteiger charge is 2.18. The van der Waals surface area contributed by atoms with E-state index in [-0.39, 0.29) is 6.04 Å². The van der Waals surface area contributed by atoms with Gasteiger partial charge in [0.25, 0.3) is 0 Å². The number of rotatable bonds is 4. The average molecular weight is 496 g/mol. The molecule has 0 unspecified atom stereocenters. The molecule has 1 aliphatic carbocycles. The van der Waals surface area contributed by atoms with Gasteiger partial charge in [-0.05, 0) is 80.4 Å². The van der Waals surface area contributed by atoms with Crippen LogP contribution in [0.2, 0.25) is 5.02 Å². The number of nitrogens with one attached hydrogen (secondary N) is 1. The maximum absolute atomic E-state index is 6.22. The van der Waals surface area contributed by atoms with Gasteiger partial charge in [-0.25, -0.2) is 4.98 Å². The molecule has 2 aliphatic heterocycles. The van der Waals surface area contributed by atoms with Crippen LogP contribution in [0.4, 0.5) is 11.4 Å². The molecular formula is C29H26ClN5O. The molecule has 1 aromatic heterocycles. The molecule has 1 fully saturated rings. The lowest BCUT2D eigenvalue weighted by molar-refractivity contribution is 0.0864. The molecule has 0 radical (unpaired) electrons. The van der Waals surface area contributed by atoms with Crippen molar-refractivity contribution in [3.63, 3.8) is 0 Å². The number of aryl methyl sites for hydroxylation is 1. The monoisotopic (exact) mass is 495 g/mol. The lowest BCUT2D eigenvalue weighted by Gasteiger charge is -2.22. The summed E-state index contributed by atoms with van der Waals surface area (Å²) in [6, 6.07) is 24.5. The standard InChI is InChI=1S/C29H26ClN5O/c1-19-23(6-4-14-31-19)33-25-17-27-29(18-26(25)32-21-12-15-36-16-13-21)35(22-10-8-20(30)9-11-22)28-7-3-2-5-24(28)34-27/h2-11,14,17-18,21,33H,12-13,15-16H2,1H3/b32-26+. The second-order valence-corrected chi connectivity index (χ2v) is 9.44. The van der Waals surface area contributed by atoms with Crippen molar-refractivity contribution in [3.05, 3.63) is 95.1 Å². The average Bonchev–Trinajstić information content (AvgIpc) is 2.90. The molecule has 2 aromatic carbocycles. The Morgan fingerprint density at radius 2 is 1.78 bits per heavy atom. The van der Waals surface area contributed by atoms with Crippen LogP contribution in [0.15, 0.2) is 84.0 Å². The fraction of sp³-hybridized carbons (Fsp3) is 0.207. The molecule has 0 bridgehead atoms. The Balaban J connectivity index is 1.63. The third-order valence-corrected chi connectivity index (χ3v) is 6.82. The maximum Gasteiger partial charge on any atom is 0.0900 e. The van der Waals surface area contributed by atoms with Crippen molar-refractivity contribution in [2.24, 2.45) is 4.99 Å². The van der Waals surface area contributed by atoms with E-state index in [1.165, 1.54) is 0 Å². The highest BCUT2D eigenvalue weighted by molar-refractivity contribution is 6.30. The maximum atomic E-state index is 6.22. The molecule has 1 N–H and O–H groups in total. The number of hydrogen-bond acceptors (Lipinski definition) is 5. The fourth-order valence-corrected chi connectivity index (χ4v) is 4.82. The molecule has 3 heterocycles. The summed E-state index contributed by atoms with van der Waals surface area (Å²) in [6.45, 7) is 3.48. The summed E-state index contributed by atoms with van der Waals surface area (Å²) in [5.74, 6) is 0. The molecule has 0 atom stereocenters. The van der Waals surface area contributed by atoms with Gasteiger partial charge >= 0.3 is 0 Å². The third-order valence-electron chi connectivity index (χ3n) is 6.57. The predicted molar refractivity (Wildman–Crippen MR) is 144 cm³/mol. The van der Waals surface area contributed by atoms with Crippen LogP contribution in [-0.4, -0.2) is 33.8 Å². The first-order valence-corrected chi connectivity index (χ1v) is 12.6. The van der Waals surface area contributed by atoms with E-state index >= 15 is 0 Å². The van der Waals surface area contributed by atoms with Crippen LogP contribution in [0, 0.1) is 6.92 Å². The van der Waals surface area contributed by atoms with Crippen molar-refractivity contribution in [3.8, 4) is 17.1 Å². The Kier molecular flexibility index (Phi) is 6.13. The number of benzene rings is 3. The minimum Gasteiger partial charge on any atom is -0.381 e.